The highest BCUT2D eigenvalue weighted by molar-refractivity contribution is 7.98. The summed E-state index contributed by atoms with van der Waals surface area (Å²) in [5, 5.41) is 8.59. The third kappa shape index (κ3) is 6.20. The average Bonchev–Trinajstić information content (AvgIpc) is 2.58. The Morgan fingerprint density at radius 2 is 1.74 bits per heavy atom. The lowest BCUT2D eigenvalue weighted by Gasteiger charge is -2.08. The second-order valence-electron chi connectivity index (χ2n) is 5.07. The Hall–Kier alpha value is -2.20. The topological polar surface area (TPSA) is 46.5 Å². The molecule has 4 heteroatoms. The van der Waals surface area contributed by atoms with Crippen LogP contribution in [0.3, 0.4) is 0 Å². The molecular weight excluding hydrogens is 308 g/mol. The van der Waals surface area contributed by atoms with Crippen molar-refractivity contribution in [2.75, 3.05) is 5.75 Å². The van der Waals surface area contributed by atoms with Gasteiger partial charge in [0.15, 0.2) is 0 Å². The van der Waals surface area contributed by atoms with Gasteiger partial charge in [0, 0.05) is 11.5 Å². The van der Waals surface area contributed by atoms with E-state index in [9.17, 15) is 4.79 Å². The molecule has 120 valence electrons. The average molecular weight is 328 g/mol. The zero-order chi connectivity index (χ0) is 16.5. The van der Waals surface area contributed by atoms with Crippen LogP contribution in [-0.2, 0) is 17.2 Å². The Bertz CT molecular complexity index is 633. The summed E-state index contributed by atoms with van der Waals surface area (Å²) in [7, 11) is 0. The fourth-order valence-electron chi connectivity index (χ4n) is 1.95. The second-order valence-corrected chi connectivity index (χ2v) is 6.18. The smallest absolute Gasteiger partial charge is 0.304 e. The molecule has 2 rings (SSSR count). The quantitative estimate of drug-likeness (QED) is 0.683. The number of ether oxygens (including phenoxy) is 1. The van der Waals surface area contributed by atoms with Crippen LogP contribution in [0.4, 0.5) is 0 Å². The van der Waals surface area contributed by atoms with Crippen molar-refractivity contribution in [3.05, 3.63) is 71.8 Å². The summed E-state index contributed by atoms with van der Waals surface area (Å²) in [5.41, 5.74) is 3.38. The highest BCUT2D eigenvalue weighted by Gasteiger charge is 2.00. The maximum atomic E-state index is 10.4. The van der Waals surface area contributed by atoms with Crippen LogP contribution in [0.2, 0.25) is 0 Å². The first-order chi connectivity index (χ1) is 11.2. The van der Waals surface area contributed by atoms with Crippen LogP contribution >= 0.6 is 11.8 Å². The number of benzene rings is 2. The molecule has 0 saturated heterocycles. The molecule has 0 aromatic heterocycles. The van der Waals surface area contributed by atoms with Gasteiger partial charge in [0.1, 0.15) is 12.4 Å². The third-order valence-corrected chi connectivity index (χ3v) is 4.30. The molecule has 0 spiro atoms. The predicted octanol–water partition coefficient (Wildman–Crippen LogP) is 4.62. The van der Waals surface area contributed by atoms with Gasteiger partial charge >= 0.3 is 5.97 Å². The number of aliphatic carboxylic acids is 1. The fourth-order valence-corrected chi connectivity index (χ4v) is 2.84. The molecule has 0 aliphatic carbocycles. The molecule has 0 heterocycles. The van der Waals surface area contributed by atoms with Crippen molar-refractivity contribution in [2.45, 2.75) is 18.8 Å². The molecule has 0 bridgehead atoms. The van der Waals surface area contributed by atoms with Gasteiger partial charge < -0.3 is 9.84 Å². The van der Waals surface area contributed by atoms with Gasteiger partial charge in [-0.2, -0.15) is 11.8 Å². The molecule has 0 unspecified atom stereocenters. The van der Waals surface area contributed by atoms with Crippen molar-refractivity contribution in [3.8, 4) is 5.75 Å². The highest BCUT2D eigenvalue weighted by atomic mass is 32.2. The number of rotatable bonds is 9. The molecule has 23 heavy (non-hydrogen) atoms. The van der Waals surface area contributed by atoms with Crippen molar-refractivity contribution in [1.82, 2.24) is 0 Å². The van der Waals surface area contributed by atoms with E-state index in [0.29, 0.717) is 12.4 Å². The van der Waals surface area contributed by atoms with Gasteiger partial charge in [-0.05, 0) is 28.8 Å². The molecule has 0 fully saturated rings. The van der Waals surface area contributed by atoms with E-state index in [1.54, 1.807) is 11.8 Å². The van der Waals surface area contributed by atoms with Crippen LogP contribution in [-0.4, -0.2) is 16.8 Å². The molecule has 2 aromatic rings. The summed E-state index contributed by atoms with van der Waals surface area (Å²) < 4.78 is 5.77. The predicted molar refractivity (Wildman–Crippen MR) is 95.7 cm³/mol. The van der Waals surface area contributed by atoms with Crippen molar-refractivity contribution in [2.24, 2.45) is 0 Å². The lowest BCUT2D eigenvalue weighted by molar-refractivity contribution is -0.136. The summed E-state index contributed by atoms with van der Waals surface area (Å²) in [6.07, 6.45) is 2.02. The molecule has 0 saturated carbocycles. The van der Waals surface area contributed by atoms with Gasteiger partial charge in [-0.1, -0.05) is 49.1 Å². The molecular formula is C19H20O3S. The summed E-state index contributed by atoms with van der Waals surface area (Å²) in [5.74, 6) is 1.53. The van der Waals surface area contributed by atoms with Gasteiger partial charge in [0.2, 0.25) is 0 Å². The van der Waals surface area contributed by atoms with E-state index in [-0.39, 0.29) is 6.42 Å². The molecule has 0 aliphatic heterocycles. The van der Waals surface area contributed by atoms with Crippen molar-refractivity contribution in [1.29, 1.82) is 0 Å². The summed E-state index contributed by atoms with van der Waals surface area (Å²) in [6, 6.07) is 16.0. The van der Waals surface area contributed by atoms with Gasteiger partial charge in [-0.15, -0.1) is 0 Å². The number of carboxylic acid groups (broad SMARTS) is 1. The molecule has 0 atom stereocenters. The van der Waals surface area contributed by atoms with Crippen LogP contribution < -0.4 is 4.74 Å². The standard InChI is InChI=1S/C19H20O3S/c1-2-15-3-5-16(6-4-15)13-22-18-9-7-17(8-10-18)14-23-12-11-19(20)21/h2-10H,1,11-14H2,(H,20,21). The minimum atomic E-state index is -0.748. The number of carbonyl (C=O) groups is 1. The number of carboxylic acids is 1. The van der Waals surface area contributed by atoms with Gasteiger partial charge in [-0.25, -0.2) is 0 Å². The van der Waals surface area contributed by atoms with E-state index in [4.69, 9.17) is 9.84 Å². The first-order valence-electron chi connectivity index (χ1n) is 7.40. The number of thioether (sulfide) groups is 1. The van der Waals surface area contributed by atoms with E-state index in [2.05, 4.69) is 6.58 Å². The maximum absolute atomic E-state index is 10.4. The molecule has 0 radical (unpaired) electrons. The van der Waals surface area contributed by atoms with E-state index in [1.165, 1.54) is 5.56 Å². The summed E-state index contributed by atoms with van der Waals surface area (Å²) >= 11 is 1.62. The lowest BCUT2D eigenvalue weighted by Crippen LogP contribution is -1.97. The Kier molecular flexibility index (Phi) is 6.76. The van der Waals surface area contributed by atoms with Gasteiger partial charge in [-0.3, -0.25) is 4.79 Å². The van der Waals surface area contributed by atoms with Crippen LogP contribution in [0, 0.1) is 0 Å². The van der Waals surface area contributed by atoms with Crippen LogP contribution in [0.15, 0.2) is 55.1 Å². The monoisotopic (exact) mass is 328 g/mol. The Labute approximate surface area is 141 Å². The maximum Gasteiger partial charge on any atom is 0.304 e. The van der Waals surface area contributed by atoms with E-state index >= 15 is 0 Å². The van der Waals surface area contributed by atoms with E-state index in [1.807, 2.05) is 54.6 Å². The van der Waals surface area contributed by atoms with Crippen molar-refractivity contribution >= 4 is 23.8 Å². The van der Waals surface area contributed by atoms with Gasteiger partial charge in [0.05, 0.1) is 6.42 Å². The molecule has 2 aromatic carbocycles. The number of hydrogen-bond acceptors (Lipinski definition) is 3. The second kappa shape index (κ2) is 9.06. The SMILES string of the molecule is C=Cc1ccc(COc2ccc(CSCCC(=O)O)cc2)cc1. The van der Waals surface area contributed by atoms with Crippen LogP contribution in [0.5, 0.6) is 5.75 Å². The molecule has 0 aliphatic rings. The third-order valence-electron chi connectivity index (χ3n) is 3.27. The Balaban J connectivity index is 1.77. The van der Waals surface area contributed by atoms with Crippen LogP contribution in [0.1, 0.15) is 23.1 Å². The van der Waals surface area contributed by atoms with E-state index in [0.717, 1.165) is 22.6 Å². The van der Waals surface area contributed by atoms with Crippen molar-refractivity contribution in [3.63, 3.8) is 0 Å². The summed E-state index contributed by atoms with van der Waals surface area (Å²) in [6.45, 7) is 4.27. The molecule has 1 N–H and O–H groups in total. The summed E-state index contributed by atoms with van der Waals surface area (Å²) in [4.78, 5) is 10.4. The van der Waals surface area contributed by atoms with Gasteiger partial charge in [0.25, 0.3) is 0 Å². The minimum absolute atomic E-state index is 0.205. The Morgan fingerprint density at radius 1 is 1.09 bits per heavy atom. The largest absolute Gasteiger partial charge is 0.489 e. The van der Waals surface area contributed by atoms with E-state index < -0.39 is 5.97 Å². The highest BCUT2D eigenvalue weighted by Crippen LogP contribution is 2.18. The fraction of sp³-hybridized carbons (Fsp3) is 0.211. The van der Waals surface area contributed by atoms with Crippen molar-refractivity contribution < 1.29 is 14.6 Å². The molecule has 0 amide bonds. The lowest BCUT2D eigenvalue weighted by atomic mass is 10.1. The molecule has 3 nitrogen and oxygen atoms in total. The number of hydrogen-bond donors (Lipinski definition) is 1. The van der Waals surface area contributed by atoms with Crippen LogP contribution in [0.25, 0.3) is 6.08 Å². The zero-order valence-electron chi connectivity index (χ0n) is 12.9. The minimum Gasteiger partial charge on any atom is -0.489 e. The first-order valence-corrected chi connectivity index (χ1v) is 8.55. The zero-order valence-corrected chi connectivity index (χ0v) is 13.7. The first kappa shape index (κ1) is 17.2. The Morgan fingerprint density at radius 3 is 2.35 bits per heavy atom. The normalized spacial score (nSPS) is 10.3.